The first-order valence-electron chi connectivity index (χ1n) is 16.0. The van der Waals surface area contributed by atoms with Crippen LogP contribution in [0.15, 0.2) is 95.2 Å². The number of azide groups is 2. The molecule has 2 heterocycles. The van der Waals surface area contributed by atoms with E-state index in [-0.39, 0.29) is 45.2 Å². The average molecular weight is 856 g/mol. The van der Waals surface area contributed by atoms with Gasteiger partial charge >= 0.3 is 19.3 Å². The molecule has 280 valence electrons. The minimum atomic E-state index is -1.43. The molecule has 4 aromatic carbocycles. The lowest BCUT2D eigenvalue weighted by Gasteiger charge is -2.14. The van der Waals surface area contributed by atoms with E-state index in [1.807, 2.05) is 22.6 Å². The number of hydrogen-bond donors (Lipinski definition) is 4. The van der Waals surface area contributed by atoms with Crippen molar-refractivity contribution in [2.24, 2.45) is 10.2 Å². The molecule has 4 aromatic rings. The maximum absolute atomic E-state index is 14.5. The number of nitrogens with zero attached hydrogens (tertiary/aromatic N) is 8. The number of rotatable bonds is 10. The fraction of sp³-hybridized carbons (Fsp3) is 0.235. The summed E-state index contributed by atoms with van der Waals surface area (Å²) in [5.41, 5.74) is 20.3. The van der Waals surface area contributed by atoms with Crippen molar-refractivity contribution in [3.05, 3.63) is 132 Å². The van der Waals surface area contributed by atoms with Crippen LogP contribution in [0, 0.1) is 15.2 Å². The van der Waals surface area contributed by atoms with Crippen molar-refractivity contribution in [3.8, 4) is 11.1 Å². The summed E-state index contributed by atoms with van der Waals surface area (Å²) in [6.07, 6.45) is -2.20. The van der Waals surface area contributed by atoms with Gasteiger partial charge in [0, 0.05) is 19.0 Å². The van der Waals surface area contributed by atoms with Crippen molar-refractivity contribution < 1.29 is 48.1 Å². The molecule has 2 amide bonds. The van der Waals surface area contributed by atoms with Crippen LogP contribution >= 0.6 is 22.6 Å². The second-order valence-electron chi connectivity index (χ2n) is 11.5. The van der Waals surface area contributed by atoms with Crippen LogP contribution in [0.25, 0.3) is 32.0 Å². The van der Waals surface area contributed by atoms with Crippen molar-refractivity contribution in [2.75, 3.05) is 36.0 Å². The smallest absolute Gasteiger partial charge is 0.444 e. The highest BCUT2D eigenvalue weighted by Crippen LogP contribution is 2.30. The molecule has 0 saturated carbocycles. The van der Waals surface area contributed by atoms with Gasteiger partial charge in [-0.3, -0.25) is 9.80 Å². The number of aliphatic hydroxyl groups excluding tert-OH is 2. The molecular weight excluding hydrogens is 824 g/mol. The Kier molecular flexibility index (Phi) is 15.4. The summed E-state index contributed by atoms with van der Waals surface area (Å²) in [5, 5.41) is 41.8. The largest absolute Gasteiger partial charge is 0.488 e. The molecule has 4 N–H and O–H groups in total. The predicted octanol–water partition coefficient (Wildman–Crippen LogP) is 5.55. The second-order valence-corrected chi connectivity index (χ2v) is 12.6. The predicted molar refractivity (Wildman–Crippen MR) is 202 cm³/mol. The van der Waals surface area contributed by atoms with Crippen molar-refractivity contribution in [1.29, 1.82) is 0 Å². The lowest BCUT2D eigenvalue weighted by atomic mass is 9.80. The molecule has 0 radical (unpaired) electrons. The van der Waals surface area contributed by atoms with Crippen LogP contribution in [0.3, 0.4) is 0 Å². The van der Waals surface area contributed by atoms with E-state index < -0.39 is 37.3 Å². The average Bonchev–Trinajstić information content (AvgIpc) is 3.75. The fourth-order valence-electron chi connectivity index (χ4n) is 5.05. The van der Waals surface area contributed by atoms with Gasteiger partial charge in [-0.05, 0) is 92.2 Å². The van der Waals surface area contributed by atoms with Crippen molar-refractivity contribution in [3.63, 3.8) is 0 Å². The van der Waals surface area contributed by atoms with Gasteiger partial charge in [-0.2, -0.15) is 0 Å². The maximum Gasteiger partial charge on any atom is 0.488 e. The SMILES string of the molecule is OCc1ccc(B(O)O)cc1.[N-]=[N+]=NC[C@H]1CN(c2ccc(-c3ccc(CO)cc3)c(F)c2)C(=O)O1.[N-]=[N+]=NC[C@H]1CN(c2ccc(I)c(F)c2)C(=O)O1. The van der Waals surface area contributed by atoms with Gasteiger partial charge in [0.05, 0.1) is 50.8 Å². The molecule has 0 aromatic heterocycles. The molecule has 2 fully saturated rings. The lowest BCUT2D eigenvalue weighted by molar-refractivity contribution is 0.144. The van der Waals surface area contributed by atoms with E-state index in [1.54, 1.807) is 72.8 Å². The Hall–Kier alpha value is -5.47. The number of anilines is 2. The molecule has 0 bridgehead atoms. The highest BCUT2D eigenvalue weighted by atomic mass is 127. The fourth-order valence-corrected chi connectivity index (χ4v) is 5.39. The molecule has 0 aliphatic carbocycles. The normalized spacial score (nSPS) is 15.8. The summed E-state index contributed by atoms with van der Waals surface area (Å²) in [6, 6.07) is 22.3. The van der Waals surface area contributed by atoms with E-state index in [1.165, 1.54) is 21.9 Å². The zero-order valence-electron chi connectivity index (χ0n) is 28.2. The van der Waals surface area contributed by atoms with Gasteiger partial charge in [-0.25, -0.2) is 18.4 Å². The Balaban J connectivity index is 0.000000195. The number of amides is 2. The standard InChI is InChI=1S/C17H15FN4O3.C10H8FIN4O2.C7H9BO3/c18-16-7-13(22-9-14(8-20-21-19)25-17(22)24)5-6-15(16)12-3-1-11(10-23)2-4-12;11-8-3-6(1-2-9(8)12)16-5-7(4-14-15-13)18-10(16)17;9-5-6-1-3-7(4-2-6)8(10)11/h1-7,14,23H,8-10H2;1-3,7H,4-5H2;1-4,9-11H,5H2/t14-;7-;/m00./s1. The van der Waals surface area contributed by atoms with Gasteiger partial charge in [0.25, 0.3) is 0 Å². The number of halogens is 3. The maximum atomic E-state index is 14.5. The lowest BCUT2D eigenvalue weighted by Crippen LogP contribution is -2.29. The number of benzene rings is 4. The van der Waals surface area contributed by atoms with E-state index in [4.69, 9.17) is 40.8 Å². The van der Waals surface area contributed by atoms with Crippen LogP contribution in [0.1, 0.15) is 11.1 Å². The van der Waals surface area contributed by atoms with E-state index >= 15 is 0 Å². The van der Waals surface area contributed by atoms with Crippen LogP contribution in [0.2, 0.25) is 0 Å². The summed E-state index contributed by atoms with van der Waals surface area (Å²) in [5.74, 6) is -0.861. The Morgan fingerprint density at radius 3 is 1.63 bits per heavy atom. The zero-order chi connectivity index (χ0) is 39.2. The van der Waals surface area contributed by atoms with E-state index in [2.05, 4.69) is 20.1 Å². The Morgan fingerprint density at radius 2 is 1.20 bits per heavy atom. The number of hydrogen-bond acceptors (Lipinski definition) is 10. The van der Waals surface area contributed by atoms with Crippen LogP contribution in [0.5, 0.6) is 0 Å². The summed E-state index contributed by atoms with van der Waals surface area (Å²) < 4.78 is 38.5. The number of carbonyl (C=O) groups is 2. The van der Waals surface area contributed by atoms with Crippen molar-refractivity contribution in [2.45, 2.75) is 25.4 Å². The van der Waals surface area contributed by atoms with E-state index in [0.717, 1.165) is 11.1 Å². The van der Waals surface area contributed by atoms with Crippen LogP contribution in [-0.4, -0.2) is 78.0 Å². The Morgan fingerprint density at radius 1 is 0.741 bits per heavy atom. The third-order valence-corrected chi connectivity index (χ3v) is 8.71. The van der Waals surface area contributed by atoms with Gasteiger partial charge in [-0.15, -0.1) is 0 Å². The molecule has 54 heavy (non-hydrogen) atoms. The first-order valence-corrected chi connectivity index (χ1v) is 17.0. The molecule has 0 unspecified atom stereocenters. The molecule has 6 rings (SSSR count). The third-order valence-electron chi connectivity index (χ3n) is 7.83. The highest BCUT2D eigenvalue weighted by molar-refractivity contribution is 14.1. The van der Waals surface area contributed by atoms with E-state index in [9.17, 15) is 18.4 Å². The quantitative estimate of drug-likeness (QED) is 0.0518. The summed E-state index contributed by atoms with van der Waals surface area (Å²) in [4.78, 5) is 31.4. The molecule has 16 nitrogen and oxygen atoms in total. The Bertz CT molecular complexity index is 2020. The van der Waals surface area contributed by atoms with Crippen LogP contribution in [0.4, 0.5) is 29.7 Å². The zero-order valence-corrected chi connectivity index (χ0v) is 30.3. The first-order chi connectivity index (χ1) is 26.0. The van der Waals surface area contributed by atoms with Gasteiger partial charge in [0.15, 0.2) is 0 Å². The van der Waals surface area contributed by atoms with Gasteiger partial charge in [0.1, 0.15) is 23.8 Å². The second kappa shape index (κ2) is 20.1. The van der Waals surface area contributed by atoms with Gasteiger partial charge in [0.2, 0.25) is 0 Å². The van der Waals surface area contributed by atoms with Crippen molar-refractivity contribution in [1.82, 2.24) is 0 Å². The monoisotopic (exact) mass is 856 g/mol. The highest BCUT2D eigenvalue weighted by Gasteiger charge is 2.33. The molecule has 2 aliphatic rings. The van der Waals surface area contributed by atoms with Crippen molar-refractivity contribution >= 4 is 58.7 Å². The van der Waals surface area contributed by atoms with Crippen LogP contribution < -0.4 is 15.3 Å². The molecule has 20 heteroatoms. The molecule has 2 aliphatic heterocycles. The van der Waals surface area contributed by atoms with E-state index in [0.29, 0.717) is 31.5 Å². The number of cyclic esters (lactones) is 2. The van der Waals surface area contributed by atoms with Crippen LogP contribution in [-0.2, 0) is 22.7 Å². The number of aliphatic hydroxyl groups is 2. The van der Waals surface area contributed by atoms with Gasteiger partial charge in [-0.1, -0.05) is 58.8 Å². The Labute approximate surface area is 320 Å². The molecule has 2 saturated heterocycles. The summed E-state index contributed by atoms with van der Waals surface area (Å²) in [7, 11) is -1.43. The minimum Gasteiger partial charge on any atom is -0.444 e. The minimum absolute atomic E-state index is 0.0260. The molecular formula is C34H32BF2IN8O8. The third kappa shape index (κ3) is 11.3. The number of ether oxygens (including phenoxy) is 2. The molecule has 0 spiro atoms. The summed E-state index contributed by atoms with van der Waals surface area (Å²) >= 11 is 1.87. The first kappa shape index (κ1) is 41.3. The topological polar surface area (TPSA) is 238 Å². The van der Waals surface area contributed by atoms with Gasteiger partial charge < -0.3 is 29.7 Å². The summed E-state index contributed by atoms with van der Waals surface area (Å²) in [6.45, 7) is 0.458. The molecule has 2 atom stereocenters. The number of carbonyl (C=O) groups excluding carboxylic acids is 2.